The molecule has 0 atom stereocenters. The van der Waals surface area contributed by atoms with Crippen LogP contribution in [0.3, 0.4) is 0 Å². The van der Waals surface area contributed by atoms with Gasteiger partial charge < -0.3 is 5.11 Å². The lowest BCUT2D eigenvalue weighted by atomic mass is 10.2. The number of nitrogens with zero attached hydrogens (tertiary/aromatic N) is 3. The molecule has 5 nitrogen and oxygen atoms in total. The van der Waals surface area contributed by atoms with E-state index < -0.39 is 17.7 Å². The SMILES string of the molecule is O=C(O)c1cccnc1-n1cc(C(F)(F)F)cn1. The average Bonchev–Trinajstić information content (AvgIpc) is 2.77. The van der Waals surface area contributed by atoms with E-state index in [2.05, 4.69) is 10.1 Å². The molecule has 94 valence electrons. The smallest absolute Gasteiger partial charge is 0.419 e. The predicted molar refractivity (Wildman–Crippen MR) is 53.3 cm³/mol. The van der Waals surface area contributed by atoms with Crippen LogP contribution in [0.15, 0.2) is 30.7 Å². The van der Waals surface area contributed by atoms with Crippen LogP contribution in [0.1, 0.15) is 15.9 Å². The van der Waals surface area contributed by atoms with Crippen molar-refractivity contribution in [3.8, 4) is 5.82 Å². The van der Waals surface area contributed by atoms with Gasteiger partial charge in [0.05, 0.1) is 11.8 Å². The highest BCUT2D eigenvalue weighted by molar-refractivity contribution is 5.90. The Hall–Kier alpha value is -2.38. The number of hydrogen-bond donors (Lipinski definition) is 1. The van der Waals surface area contributed by atoms with E-state index in [1.807, 2.05) is 0 Å². The monoisotopic (exact) mass is 257 g/mol. The number of aromatic carboxylic acids is 1. The summed E-state index contributed by atoms with van der Waals surface area (Å²) >= 11 is 0. The molecule has 0 aliphatic carbocycles. The minimum Gasteiger partial charge on any atom is -0.478 e. The van der Waals surface area contributed by atoms with Gasteiger partial charge in [0, 0.05) is 12.4 Å². The second kappa shape index (κ2) is 4.13. The van der Waals surface area contributed by atoms with Gasteiger partial charge in [-0.05, 0) is 12.1 Å². The van der Waals surface area contributed by atoms with Crippen LogP contribution in [-0.2, 0) is 6.18 Å². The molecule has 2 aromatic rings. The Morgan fingerprint density at radius 2 is 2.11 bits per heavy atom. The zero-order valence-electron chi connectivity index (χ0n) is 8.72. The lowest BCUT2D eigenvalue weighted by molar-refractivity contribution is -0.137. The van der Waals surface area contributed by atoms with Crippen molar-refractivity contribution in [3.05, 3.63) is 41.9 Å². The highest BCUT2D eigenvalue weighted by Gasteiger charge is 2.32. The third kappa shape index (κ3) is 2.17. The van der Waals surface area contributed by atoms with Crippen LogP contribution in [0, 0.1) is 0 Å². The van der Waals surface area contributed by atoms with Crippen LogP contribution in [0.5, 0.6) is 0 Å². The number of carbonyl (C=O) groups is 1. The summed E-state index contributed by atoms with van der Waals surface area (Å²) in [7, 11) is 0. The van der Waals surface area contributed by atoms with Crippen molar-refractivity contribution >= 4 is 5.97 Å². The van der Waals surface area contributed by atoms with E-state index in [-0.39, 0.29) is 11.4 Å². The summed E-state index contributed by atoms with van der Waals surface area (Å²) in [4.78, 5) is 14.6. The van der Waals surface area contributed by atoms with Gasteiger partial charge in [-0.15, -0.1) is 0 Å². The van der Waals surface area contributed by atoms with E-state index >= 15 is 0 Å². The molecule has 0 amide bonds. The van der Waals surface area contributed by atoms with E-state index in [9.17, 15) is 18.0 Å². The molecule has 0 saturated carbocycles. The molecule has 8 heteroatoms. The molecule has 0 fully saturated rings. The standard InChI is InChI=1S/C10H6F3N3O2/c11-10(12,13)6-4-15-16(5-6)8-7(9(17)18)2-1-3-14-8/h1-5H,(H,17,18). The minimum absolute atomic E-state index is 0.166. The second-order valence-corrected chi connectivity index (χ2v) is 3.35. The van der Waals surface area contributed by atoms with Gasteiger partial charge >= 0.3 is 12.1 Å². The summed E-state index contributed by atoms with van der Waals surface area (Å²) in [6.45, 7) is 0. The summed E-state index contributed by atoms with van der Waals surface area (Å²) in [6, 6.07) is 2.61. The van der Waals surface area contributed by atoms with Crippen LogP contribution in [0.4, 0.5) is 13.2 Å². The third-order valence-corrected chi connectivity index (χ3v) is 2.14. The Kier molecular flexibility index (Phi) is 2.77. The summed E-state index contributed by atoms with van der Waals surface area (Å²) in [5.41, 5.74) is -1.20. The van der Waals surface area contributed by atoms with E-state index in [1.54, 1.807) is 0 Å². The molecular formula is C10H6F3N3O2. The van der Waals surface area contributed by atoms with Gasteiger partial charge in [0.25, 0.3) is 0 Å². The number of alkyl halides is 3. The topological polar surface area (TPSA) is 68.0 Å². The van der Waals surface area contributed by atoms with Gasteiger partial charge in [0.2, 0.25) is 0 Å². The van der Waals surface area contributed by atoms with Gasteiger partial charge in [-0.1, -0.05) is 0 Å². The Morgan fingerprint density at radius 3 is 2.67 bits per heavy atom. The van der Waals surface area contributed by atoms with Gasteiger partial charge in [-0.3, -0.25) is 0 Å². The first-order valence-electron chi connectivity index (χ1n) is 4.70. The Labute approximate surface area is 98.5 Å². The normalized spacial score (nSPS) is 11.5. The lowest BCUT2D eigenvalue weighted by Gasteiger charge is -2.04. The Bertz CT molecular complexity index is 592. The number of hydrogen-bond acceptors (Lipinski definition) is 3. The number of pyridine rings is 1. The number of aromatic nitrogens is 3. The number of carboxylic acids is 1. The molecule has 1 N–H and O–H groups in total. The van der Waals surface area contributed by atoms with Crippen molar-refractivity contribution in [1.29, 1.82) is 0 Å². The first kappa shape index (κ1) is 12.1. The fourth-order valence-electron chi connectivity index (χ4n) is 1.33. The first-order valence-corrected chi connectivity index (χ1v) is 4.70. The number of halogens is 3. The molecule has 0 unspecified atom stereocenters. The molecule has 18 heavy (non-hydrogen) atoms. The fourth-order valence-corrected chi connectivity index (χ4v) is 1.33. The fraction of sp³-hybridized carbons (Fsp3) is 0.100. The van der Waals surface area contributed by atoms with E-state index in [0.717, 1.165) is 4.68 Å². The maximum Gasteiger partial charge on any atom is 0.419 e. The summed E-state index contributed by atoms with van der Waals surface area (Å²) in [6.07, 6.45) is -1.96. The van der Waals surface area contributed by atoms with Crippen molar-refractivity contribution in [2.75, 3.05) is 0 Å². The highest BCUT2D eigenvalue weighted by atomic mass is 19.4. The summed E-state index contributed by atoms with van der Waals surface area (Å²) in [5.74, 6) is -1.46. The highest BCUT2D eigenvalue weighted by Crippen LogP contribution is 2.29. The summed E-state index contributed by atoms with van der Waals surface area (Å²) < 4.78 is 37.9. The third-order valence-electron chi connectivity index (χ3n) is 2.14. The molecule has 0 aliphatic rings. The van der Waals surface area contributed by atoms with Crippen molar-refractivity contribution in [3.63, 3.8) is 0 Å². The molecule has 2 heterocycles. The molecule has 0 spiro atoms. The van der Waals surface area contributed by atoms with Crippen molar-refractivity contribution in [2.24, 2.45) is 0 Å². The van der Waals surface area contributed by atoms with E-state index in [4.69, 9.17) is 5.11 Å². The second-order valence-electron chi connectivity index (χ2n) is 3.35. The van der Waals surface area contributed by atoms with Crippen LogP contribution in [0.2, 0.25) is 0 Å². The molecule has 2 aromatic heterocycles. The minimum atomic E-state index is -4.53. The van der Waals surface area contributed by atoms with Gasteiger partial charge in [-0.2, -0.15) is 18.3 Å². The number of rotatable bonds is 2. The maximum atomic E-state index is 12.4. The van der Waals surface area contributed by atoms with Crippen molar-refractivity contribution < 1.29 is 23.1 Å². The van der Waals surface area contributed by atoms with Crippen LogP contribution < -0.4 is 0 Å². The molecular weight excluding hydrogens is 251 g/mol. The molecule has 2 rings (SSSR count). The van der Waals surface area contributed by atoms with Crippen LogP contribution in [0.25, 0.3) is 5.82 Å². The quantitative estimate of drug-likeness (QED) is 0.893. The zero-order chi connectivity index (χ0) is 13.3. The molecule has 0 aromatic carbocycles. The van der Waals surface area contributed by atoms with Crippen LogP contribution in [-0.4, -0.2) is 25.8 Å². The Balaban J connectivity index is 2.50. The van der Waals surface area contributed by atoms with Crippen LogP contribution >= 0.6 is 0 Å². The van der Waals surface area contributed by atoms with Gasteiger partial charge in [-0.25, -0.2) is 14.5 Å². The molecule has 0 radical (unpaired) electrons. The largest absolute Gasteiger partial charge is 0.478 e. The zero-order valence-corrected chi connectivity index (χ0v) is 8.72. The molecule has 0 saturated heterocycles. The first-order chi connectivity index (χ1) is 8.39. The van der Waals surface area contributed by atoms with Gasteiger partial charge in [0.15, 0.2) is 5.82 Å². The summed E-state index contributed by atoms with van der Waals surface area (Å²) in [5, 5.41) is 12.4. The van der Waals surface area contributed by atoms with E-state index in [0.29, 0.717) is 12.4 Å². The van der Waals surface area contributed by atoms with Crippen molar-refractivity contribution in [1.82, 2.24) is 14.8 Å². The maximum absolute atomic E-state index is 12.4. The van der Waals surface area contributed by atoms with E-state index in [1.165, 1.54) is 18.3 Å². The molecule has 0 bridgehead atoms. The van der Waals surface area contributed by atoms with Gasteiger partial charge in [0.1, 0.15) is 5.56 Å². The lowest BCUT2D eigenvalue weighted by Crippen LogP contribution is -2.08. The number of carboxylic acid groups (broad SMARTS) is 1. The van der Waals surface area contributed by atoms with Crippen molar-refractivity contribution in [2.45, 2.75) is 6.18 Å². The molecule has 0 aliphatic heterocycles. The predicted octanol–water partition coefficient (Wildman–Crippen LogP) is 1.98. The average molecular weight is 257 g/mol. The Morgan fingerprint density at radius 1 is 1.39 bits per heavy atom.